The molecule has 0 aliphatic carbocycles. The van der Waals surface area contributed by atoms with E-state index in [9.17, 15) is 0 Å². The molecule has 0 unspecified atom stereocenters. The van der Waals surface area contributed by atoms with Crippen molar-refractivity contribution in [2.45, 2.75) is 19.9 Å². The quantitative estimate of drug-likeness (QED) is 0.338. The van der Waals surface area contributed by atoms with Gasteiger partial charge in [-0.15, -0.1) is 35.3 Å². The molecule has 0 aliphatic heterocycles. The predicted octanol–water partition coefficient (Wildman–Crippen LogP) is 4.13. The second-order valence-electron chi connectivity index (χ2n) is 5.65. The Balaban J connectivity index is 0.00000225. The number of hydrogen-bond donors (Lipinski definition) is 2. The van der Waals surface area contributed by atoms with Crippen LogP contribution in [0, 0.1) is 6.92 Å². The maximum absolute atomic E-state index is 4.35. The van der Waals surface area contributed by atoms with Crippen molar-refractivity contribution in [3.8, 4) is 0 Å². The van der Waals surface area contributed by atoms with Gasteiger partial charge in [0.15, 0.2) is 5.96 Å². The lowest BCUT2D eigenvalue weighted by atomic mass is 10.1. The summed E-state index contributed by atoms with van der Waals surface area (Å²) in [4.78, 5) is 9.84. The molecule has 25 heavy (non-hydrogen) atoms. The Morgan fingerprint density at radius 3 is 2.64 bits per heavy atom. The van der Waals surface area contributed by atoms with E-state index in [1.165, 1.54) is 21.2 Å². The monoisotopic (exact) mass is 466 g/mol. The molecule has 0 spiro atoms. The second-order valence-corrected chi connectivity index (χ2v) is 6.97. The number of hydrogen-bond acceptors (Lipinski definition) is 3. The van der Waals surface area contributed by atoms with E-state index >= 15 is 0 Å². The Morgan fingerprint density at radius 2 is 1.92 bits per heavy atom. The van der Waals surface area contributed by atoms with Gasteiger partial charge in [-0.05, 0) is 29.7 Å². The largest absolute Gasteiger partial charge is 0.356 e. The molecule has 132 valence electrons. The molecule has 6 heteroatoms. The molecular formula is C19H23IN4S. The number of benzene rings is 2. The van der Waals surface area contributed by atoms with Gasteiger partial charge < -0.3 is 10.6 Å². The SMILES string of the molecule is CN=C(NCCc1ccc2ccccc2c1)NCc1ncc(C)s1.I. The van der Waals surface area contributed by atoms with Crippen molar-refractivity contribution in [2.75, 3.05) is 13.6 Å². The normalized spacial score (nSPS) is 11.2. The van der Waals surface area contributed by atoms with E-state index in [4.69, 9.17) is 0 Å². The molecular weight excluding hydrogens is 443 g/mol. The number of aryl methyl sites for hydroxylation is 1. The Morgan fingerprint density at radius 1 is 1.12 bits per heavy atom. The Hall–Kier alpha value is -1.67. The van der Waals surface area contributed by atoms with Crippen molar-refractivity contribution in [3.63, 3.8) is 0 Å². The lowest BCUT2D eigenvalue weighted by Gasteiger charge is -2.11. The third-order valence-electron chi connectivity index (χ3n) is 3.82. The molecule has 3 rings (SSSR count). The molecule has 0 bridgehead atoms. The third kappa shape index (κ3) is 5.67. The van der Waals surface area contributed by atoms with E-state index in [0.717, 1.165) is 23.9 Å². The molecule has 0 fully saturated rings. The maximum Gasteiger partial charge on any atom is 0.191 e. The van der Waals surface area contributed by atoms with Gasteiger partial charge in [0.1, 0.15) is 5.01 Å². The summed E-state index contributed by atoms with van der Waals surface area (Å²) in [6.45, 7) is 3.61. The maximum atomic E-state index is 4.35. The fourth-order valence-corrected chi connectivity index (χ4v) is 3.31. The number of fused-ring (bicyclic) bond motifs is 1. The number of aromatic nitrogens is 1. The number of nitrogens with zero attached hydrogens (tertiary/aromatic N) is 2. The molecule has 2 aromatic carbocycles. The minimum Gasteiger partial charge on any atom is -0.356 e. The van der Waals surface area contributed by atoms with E-state index < -0.39 is 0 Å². The van der Waals surface area contributed by atoms with Crippen molar-refractivity contribution >= 4 is 52.0 Å². The van der Waals surface area contributed by atoms with Crippen molar-refractivity contribution in [3.05, 3.63) is 64.1 Å². The highest BCUT2D eigenvalue weighted by Gasteiger charge is 2.02. The Bertz CT molecular complexity index is 844. The highest BCUT2D eigenvalue weighted by Crippen LogP contribution is 2.15. The van der Waals surface area contributed by atoms with Gasteiger partial charge in [0.2, 0.25) is 0 Å². The number of nitrogens with one attached hydrogen (secondary N) is 2. The molecule has 4 nitrogen and oxygen atoms in total. The van der Waals surface area contributed by atoms with Crippen LogP contribution in [0.15, 0.2) is 53.7 Å². The minimum absolute atomic E-state index is 0. The minimum atomic E-state index is 0. The number of thiazole rings is 1. The number of rotatable bonds is 5. The summed E-state index contributed by atoms with van der Waals surface area (Å²) in [7, 11) is 1.79. The summed E-state index contributed by atoms with van der Waals surface area (Å²) in [6, 6.07) is 15.1. The van der Waals surface area contributed by atoms with E-state index in [1.54, 1.807) is 18.4 Å². The molecule has 3 aromatic rings. The van der Waals surface area contributed by atoms with Gasteiger partial charge in [-0.3, -0.25) is 4.99 Å². The average Bonchev–Trinajstić information content (AvgIpc) is 3.03. The molecule has 1 aromatic heterocycles. The van der Waals surface area contributed by atoms with Gasteiger partial charge in [0.05, 0.1) is 6.54 Å². The molecule has 0 radical (unpaired) electrons. The predicted molar refractivity (Wildman–Crippen MR) is 118 cm³/mol. The van der Waals surface area contributed by atoms with Crippen LogP contribution in [0.3, 0.4) is 0 Å². The van der Waals surface area contributed by atoms with Crippen molar-refractivity contribution in [2.24, 2.45) is 4.99 Å². The number of halogens is 1. The van der Waals surface area contributed by atoms with Crippen LogP contribution in [0.5, 0.6) is 0 Å². The zero-order valence-corrected chi connectivity index (χ0v) is 17.6. The highest BCUT2D eigenvalue weighted by molar-refractivity contribution is 14.0. The van der Waals surface area contributed by atoms with Gasteiger partial charge in [0.25, 0.3) is 0 Å². The van der Waals surface area contributed by atoms with Gasteiger partial charge in [-0.1, -0.05) is 42.5 Å². The first-order valence-electron chi connectivity index (χ1n) is 8.08. The second kappa shape index (κ2) is 9.72. The summed E-state index contributed by atoms with van der Waals surface area (Å²) < 4.78 is 0. The van der Waals surface area contributed by atoms with Crippen LogP contribution in [0.4, 0.5) is 0 Å². The van der Waals surface area contributed by atoms with E-state index in [1.807, 2.05) is 6.20 Å². The number of aliphatic imine (C=N–C) groups is 1. The summed E-state index contributed by atoms with van der Waals surface area (Å²) in [5.74, 6) is 0.809. The molecule has 0 amide bonds. The van der Waals surface area contributed by atoms with Crippen LogP contribution in [-0.4, -0.2) is 24.5 Å². The molecule has 1 heterocycles. The van der Waals surface area contributed by atoms with Gasteiger partial charge in [-0.2, -0.15) is 0 Å². The van der Waals surface area contributed by atoms with Crippen LogP contribution in [-0.2, 0) is 13.0 Å². The zero-order valence-electron chi connectivity index (χ0n) is 14.5. The smallest absolute Gasteiger partial charge is 0.191 e. The first-order valence-corrected chi connectivity index (χ1v) is 8.90. The summed E-state index contributed by atoms with van der Waals surface area (Å²) in [5, 5.41) is 10.3. The Kier molecular flexibility index (Phi) is 7.64. The van der Waals surface area contributed by atoms with Crippen LogP contribution >= 0.6 is 35.3 Å². The van der Waals surface area contributed by atoms with Crippen LogP contribution < -0.4 is 10.6 Å². The fraction of sp³-hybridized carbons (Fsp3) is 0.263. The lowest BCUT2D eigenvalue weighted by Crippen LogP contribution is -2.37. The van der Waals surface area contributed by atoms with Crippen molar-refractivity contribution in [1.82, 2.24) is 15.6 Å². The standard InChI is InChI=1S/C19H22N4S.HI/c1-14-12-22-18(24-14)13-23-19(20-2)21-10-9-15-7-8-16-5-3-4-6-17(16)11-15;/h3-8,11-12H,9-10,13H2,1-2H3,(H2,20,21,23);1H. The Labute approximate surface area is 169 Å². The molecule has 0 saturated heterocycles. The van der Waals surface area contributed by atoms with Crippen molar-refractivity contribution in [1.29, 1.82) is 0 Å². The average molecular weight is 466 g/mol. The number of guanidine groups is 1. The van der Waals surface area contributed by atoms with Crippen LogP contribution in [0.25, 0.3) is 10.8 Å². The highest BCUT2D eigenvalue weighted by atomic mass is 127. The first-order chi connectivity index (χ1) is 11.7. The molecule has 0 atom stereocenters. The first kappa shape index (κ1) is 19.7. The summed E-state index contributed by atoms with van der Waals surface area (Å²) in [5.41, 5.74) is 1.33. The van der Waals surface area contributed by atoms with Gasteiger partial charge in [-0.25, -0.2) is 4.98 Å². The lowest BCUT2D eigenvalue weighted by molar-refractivity contribution is 0.792. The van der Waals surface area contributed by atoms with Gasteiger partial charge in [0, 0.05) is 24.7 Å². The zero-order chi connectivity index (χ0) is 16.8. The summed E-state index contributed by atoms with van der Waals surface area (Å²) in [6.07, 6.45) is 2.86. The molecule has 2 N–H and O–H groups in total. The van der Waals surface area contributed by atoms with Gasteiger partial charge >= 0.3 is 0 Å². The van der Waals surface area contributed by atoms with Crippen LogP contribution in [0.2, 0.25) is 0 Å². The topological polar surface area (TPSA) is 49.3 Å². The van der Waals surface area contributed by atoms with Crippen LogP contribution in [0.1, 0.15) is 15.4 Å². The molecule has 0 saturated carbocycles. The van der Waals surface area contributed by atoms with E-state index in [-0.39, 0.29) is 24.0 Å². The fourth-order valence-electron chi connectivity index (χ4n) is 2.58. The third-order valence-corrected chi connectivity index (χ3v) is 4.73. The van der Waals surface area contributed by atoms with E-state index in [2.05, 4.69) is 70.0 Å². The van der Waals surface area contributed by atoms with E-state index in [0.29, 0.717) is 6.54 Å². The molecule has 0 aliphatic rings. The summed E-state index contributed by atoms with van der Waals surface area (Å²) >= 11 is 1.71. The van der Waals surface area contributed by atoms with Crippen molar-refractivity contribution < 1.29 is 0 Å².